The molecule has 32 heavy (non-hydrogen) atoms. The number of amides is 2. The molecular weight excluding hydrogens is 412 g/mol. The standard InChI is InChI=1S/C22H20N6O4/c1-12-9-13(2)28(26-12)19-11-18(23-20(25-19)17-8-7-14(3)32-17)24-21(29)15-5-4-6-16(10-15)22(30)27-31/h4-11,31H,1-3H3,(H,27,30)(H,23,24,25,29). The first kappa shape index (κ1) is 20.9. The molecule has 3 N–H and O–H groups in total. The molecule has 1 aromatic carbocycles. The fraction of sp³-hybridized carbons (Fsp3) is 0.136. The highest BCUT2D eigenvalue weighted by Gasteiger charge is 2.16. The van der Waals surface area contributed by atoms with Gasteiger partial charge < -0.3 is 9.73 Å². The quantitative estimate of drug-likeness (QED) is 0.325. The van der Waals surface area contributed by atoms with E-state index < -0.39 is 11.8 Å². The lowest BCUT2D eigenvalue weighted by molar-refractivity contribution is 0.0706. The van der Waals surface area contributed by atoms with Gasteiger partial charge >= 0.3 is 0 Å². The maximum Gasteiger partial charge on any atom is 0.274 e. The van der Waals surface area contributed by atoms with Gasteiger partial charge in [-0.2, -0.15) is 5.10 Å². The van der Waals surface area contributed by atoms with Crippen molar-refractivity contribution < 1.29 is 19.2 Å². The van der Waals surface area contributed by atoms with Gasteiger partial charge in [0.1, 0.15) is 11.6 Å². The minimum atomic E-state index is -0.719. The number of carbonyl (C=O) groups is 2. The van der Waals surface area contributed by atoms with Crippen LogP contribution in [0.1, 0.15) is 37.9 Å². The van der Waals surface area contributed by atoms with Crippen LogP contribution in [0.25, 0.3) is 17.4 Å². The molecule has 0 aliphatic carbocycles. The average Bonchev–Trinajstić information content (AvgIpc) is 3.37. The highest BCUT2D eigenvalue weighted by Crippen LogP contribution is 2.23. The molecule has 0 radical (unpaired) electrons. The fourth-order valence-electron chi connectivity index (χ4n) is 3.19. The second kappa shape index (κ2) is 8.44. The Hall–Kier alpha value is -4.31. The lowest BCUT2D eigenvalue weighted by atomic mass is 10.1. The average molecular weight is 432 g/mol. The summed E-state index contributed by atoms with van der Waals surface area (Å²) in [6, 6.07) is 13.0. The molecule has 0 bridgehead atoms. The zero-order chi connectivity index (χ0) is 22.8. The number of anilines is 1. The van der Waals surface area contributed by atoms with Gasteiger partial charge in [-0.1, -0.05) is 6.07 Å². The summed E-state index contributed by atoms with van der Waals surface area (Å²) >= 11 is 0. The van der Waals surface area contributed by atoms with E-state index in [0.717, 1.165) is 11.4 Å². The maximum atomic E-state index is 12.8. The lowest BCUT2D eigenvalue weighted by Gasteiger charge is -2.10. The van der Waals surface area contributed by atoms with E-state index in [1.807, 2.05) is 26.8 Å². The van der Waals surface area contributed by atoms with Gasteiger partial charge in [-0.15, -0.1) is 0 Å². The van der Waals surface area contributed by atoms with Crippen LogP contribution in [0.3, 0.4) is 0 Å². The zero-order valence-electron chi connectivity index (χ0n) is 17.6. The molecule has 0 saturated carbocycles. The van der Waals surface area contributed by atoms with Crippen molar-refractivity contribution in [2.75, 3.05) is 5.32 Å². The molecule has 0 saturated heterocycles. The SMILES string of the molecule is Cc1cc(C)n(-c2cc(NC(=O)c3cccc(C(=O)NO)c3)nc(-c3ccc(C)o3)n2)n1. The van der Waals surface area contributed by atoms with Gasteiger partial charge in [-0.05, 0) is 57.2 Å². The Bertz CT molecular complexity index is 1320. The van der Waals surface area contributed by atoms with Crippen molar-refractivity contribution in [1.82, 2.24) is 25.2 Å². The third kappa shape index (κ3) is 4.25. The number of nitrogens with one attached hydrogen (secondary N) is 2. The lowest BCUT2D eigenvalue weighted by Crippen LogP contribution is -2.20. The summed E-state index contributed by atoms with van der Waals surface area (Å²) in [4.78, 5) is 33.5. The number of benzene rings is 1. The molecule has 3 aromatic heterocycles. The van der Waals surface area contributed by atoms with Crippen molar-refractivity contribution in [3.05, 3.63) is 76.8 Å². The molecule has 0 spiro atoms. The predicted octanol–water partition coefficient (Wildman–Crippen LogP) is 3.22. The third-order valence-electron chi connectivity index (χ3n) is 4.63. The summed E-state index contributed by atoms with van der Waals surface area (Å²) in [6.45, 7) is 5.58. The van der Waals surface area contributed by atoms with E-state index in [0.29, 0.717) is 17.3 Å². The second-order valence-corrected chi connectivity index (χ2v) is 7.16. The van der Waals surface area contributed by atoms with Crippen LogP contribution >= 0.6 is 0 Å². The van der Waals surface area contributed by atoms with Gasteiger partial charge in [0.2, 0.25) is 0 Å². The van der Waals surface area contributed by atoms with Crippen LogP contribution in [0, 0.1) is 20.8 Å². The van der Waals surface area contributed by atoms with E-state index >= 15 is 0 Å². The Morgan fingerprint density at radius 3 is 2.34 bits per heavy atom. The molecule has 4 aromatic rings. The normalized spacial score (nSPS) is 10.8. The number of hydrogen-bond acceptors (Lipinski definition) is 7. The predicted molar refractivity (Wildman–Crippen MR) is 115 cm³/mol. The largest absolute Gasteiger partial charge is 0.458 e. The minimum Gasteiger partial charge on any atom is -0.458 e. The van der Waals surface area contributed by atoms with Crippen molar-refractivity contribution in [3.63, 3.8) is 0 Å². The Kier molecular flexibility index (Phi) is 5.52. The molecule has 0 aliphatic heterocycles. The Morgan fingerprint density at radius 2 is 1.72 bits per heavy atom. The van der Waals surface area contributed by atoms with Crippen LogP contribution in [0.4, 0.5) is 5.82 Å². The summed E-state index contributed by atoms with van der Waals surface area (Å²) < 4.78 is 7.31. The van der Waals surface area contributed by atoms with Crippen molar-refractivity contribution in [2.24, 2.45) is 0 Å². The molecule has 2 amide bonds. The summed E-state index contributed by atoms with van der Waals surface area (Å²) in [5.41, 5.74) is 3.58. The molecule has 162 valence electrons. The Labute approximate surface area is 182 Å². The van der Waals surface area contributed by atoms with Crippen LogP contribution in [-0.2, 0) is 0 Å². The molecule has 10 nitrogen and oxygen atoms in total. The monoisotopic (exact) mass is 432 g/mol. The van der Waals surface area contributed by atoms with E-state index in [4.69, 9.17) is 9.62 Å². The van der Waals surface area contributed by atoms with E-state index in [1.54, 1.807) is 34.4 Å². The van der Waals surface area contributed by atoms with Crippen LogP contribution in [0.15, 0.2) is 52.9 Å². The van der Waals surface area contributed by atoms with Crippen molar-refractivity contribution in [2.45, 2.75) is 20.8 Å². The van der Waals surface area contributed by atoms with Crippen molar-refractivity contribution >= 4 is 17.6 Å². The second-order valence-electron chi connectivity index (χ2n) is 7.16. The summed E-state index contributed by atoms with van der Waals surface area (Å²) in [7, 11) is 0. The molecule has 10 heteroatoms. The number of hydroxylamine groups is 1. The van der Waals surface area contributed by atoms with E-state index in [9.17, 15) is 9.59 Å². The zero-order valence-corrected chi connectivity index (χ0v) is 17.6. The Morgan fingerprint density at radius 1 is 0.969 bits per heavy atom. The first-order valence-electron chi connectivity index (χ1n) is 9.69. The minimum absolute atomic E-state index is 0.137. The smallest absolute Gasteiger partial charge is 0.274 e. The Balaban J connectivity index is 1.73. The molecule has 4 rings (SSSR count). The maximum absolute atomic E-state index is 12.8. The number of rotatable bonds is 5. The number of hydrogen-bond donors (Lipinski definition) is 3. The first-order chi connectivity index (χ1) is 15.3. The number of aryl methyl sites for hydroxylation is 3. The number of nitrogens with zero attached hydrogens (tertiary/aromatic N) is 4. The van der Waals surface area contributed by atoms with Crippen LogP contribution < -0.4 is 10.8 Å². The van der Waals surface area contributed by atoms with Crippen LogP contribution in [0.2, 0.25) is 0 Å². The van der Waals surface area contributed by atoms with Crippen LogP contribution in [0.5, 0.6) is 0 Å². The third-order valence-corrected chi connectivity index (χ3v) is 4.63. The van der Waals surface area contributed by atoms with E-state index in [-0.39, 0.29) is 22.8 Å². The van der Waals surface area contributed by atoms with Gasteiger partial charge in [0.05, 0.1) is 5.69 Å². The van der Waals surface area contributed by atoms with Gasteiger partial charge in [-0.3, -0.25) is 14.8 Å². The summed E-state index contributed by atoms with van der Waals surface area (Å²) in [5.74, 6) is 0.910. The number of carbonyl (C=O) groups excluding carboxylic acids is 2. The highest BCUT2D eigenvalue weighted by molar-refractivity contribution is 6.05. The number of aromatic nitrogens is 4. The van der Waals surface area contributed by atoms with Gasteiger partial charge in [0.25, 0.3) is 11.8 Å². The van der Waals surface area contributed by atoms with Gasteiger partial charge in [-0.25, -0.2) is 20.1 Å². The van der Waals surface area contributed by atoms with E-state index in [2.05, 4.69) is 20.4 Å². The molecule has 0 aliphatic rings. The van der Waals surface area contributed by atoms with Crippen molar-refractivity contribution in [1.29, 1.82) is 0 Å². The summed E-state index contributed by atoms with van der Waals surface area (Å²) in [5, 5.41) is 16.0. The highest BCUT2D eigenvalue weighted by atomic mass is 16.5. The molecule has 0 fully saturated rings. The first-order valence-corrected chi connectivity index (χ1v) is 9.69. The topological polar surface area (TPSA) is 135 Å². The van der Waals surface area contributed by atoms with Gasteiger partial charge in [0.15, 0.2) is 17.4 Å². The van der Waals surface area contributed by atoms with Gasteiger partial charge in [0, 0.05) is 22.9 Å². The van der Waals surface area contributed by atoms with E-state index in [1.165, 1.54) is 18.2 Å². The number of furan rings is 1. The van der Waals surface area contributed by atoms with Crippen molar-refractivity contribution in [3.8, 4) is 17.4 Å². The fourth-order valence-corrected chi connectivity index (χ4v) is 3.19. The molecule has 3 heterocycles. The molecule has 0 atom stereocenters. The molecule has 0 unspecified atom stereocenters. The summed E-state index contributed by atoms with van der Waals surface area (Å²) in [6.07, 6.45) is 0. The van der Waals surface area contributed by atoms with Crippen LogP contribution in [-0.4, -0.2) is 36.8 Å². The molecular formula is C22H20N6O4.